The van der Waals surface area contributed by atoms with E-state index in [0.29, 0.717) is 16.7 Å². The number of aliphatic hydroxyl groups excluding tert-OH is 1. The third-order valence-corrected chi connectivity index (χ3v) is 4.55. The second kappa shape index (κ2) is 9.29. The maximum Gasteiger partial charge on any atom is 0.260 e. The number of benzene rings is 2. The number of aromatic nitrogens is 2. The molecule has 1 atom stereocenters. The van der Waals surface area contributed by atoms with E-state index < -0.39 is 11.9 Å². The average molecular weight is 398 g/mol. The Balaban J connectivity index is 1.88. The molecule has 0 saturated heterocycles. The van der Waals surface area contributed by atoms with Crippen molar-refractivity contribution in [3.63, 3.8) is 0 Å². The smallest absolute Gasteiger partial charge is 0.260 e. The van der Waals surface area contributed by atoms with Gasteiger partial charge in [0.15, 0.2) is 5.16 Å². The van der Waals surface area contributed by atoms with Crippen molar-refractivity contribution < 1.29 is 14.3 Å². The fourth-order valence-electron chi connectivity index (χ4n) is 2.56. The zero-order chi connectivity index (χ0) is 19.9. The van der Waals surface area contributed by atoms with E-state index in [-0.39, 0.29) is 18.0 Å². The van der Waals surface area contributed by atoms with Gasteiger partial charge in [-0.05, 0) is 36.1 Å². The molecule has 28 heavy (non-hydrogen) atoms. The van der Waals surface area contributed by atoms with Gasteiger partial charge in [-0.3, -0.25) is 4.79 Å². The van der Waals surface area contributed by atoms with E-state index in [1.165, 1.54) is 42.2 Å². The number of amides is 1. The molecule has 0 fully saturated rings. The highest BCUT2D eigenvalue weighted by atomic mass is 32.2. The normalized spacial score (nSPS) is 11.7. The molecular weight excluding hydrogens is 379 g/mol. The molecule has 0 aliphatic rings. The van der Waals surface area contributed by atoms with Crippen molar-refractivity contribution in [2.24, 2.45) is 0 Å². The highest BCUT2D eigenvalue weighted by Gasteiger charge is 2.19. The maximum atomic E-state index is 13.1. The first-order valence-electron chi connectivity index (χ1n) is 8.51. The molecular formula is C20H19FN4O2S. The highest BCUT2D eigenvalue weighted by Crippen LogP contribution is 2.23. The van der Waals surface area contributed by atoms with Crippen molar-refractivity contribution in [2.75, 3.05) is 23.5 Å². The molecule has 3 N–H and O–H groups in total. The average Bonchev–Trinajstić information content (AvgIpc) is 2.74. The van der Waals surface area contributed by atoms with E-state index in [4.69, 9.17) is 0 Å². The van der Waals surface area contributed by atoms with Crippen molar-refractivity contribution in [2.45, 2.75) is 11.2 Å². The molecule has 0 aliphatic heterocycles. The fourth-order valence-corrected chi connectivity index (χ4v) is 2.90. The second-order valence-electron chi connectivity index (χ2n) is 5.87. The summed E-state index contributed by atoms with van der Waals surface area (Å²) >= 11 is 1.34. The number of carbonyl (C=O) groups is 1. The minimum absolute atomic E-state index is 0.179. The Hall–Kier alpha value is -2.97. The number of anilines is 2. The molecule has 0 spiro atoms. The Morgan fingerprint density at radius 3 is 2.54 bits per heavy atom. The van der Waals surface area contributed by atoms with Crippen LogP contribution in [-0.2, 0) is 0 Å². The standard InChI is InChI=1S/C20H19FN4O2S/c1-28-20-22-11-16(19(27)23-15-9-7-14(21)8-10-15)18(25-20)24-17(12-26)13-5-3-2-4-6-13/h2-11,17,26H,12H2,1H3,(H,23,27)(H,22,24,25). The summed E-state index contributed by atoms with van der Waals surface area (Å²) in [4.78, 5) is 21.3. The number of hydrogen-bond donors (Lipinski definition) is 3. The summed E-state index contributed by atoms with van der Waals surface area (Å²) in [5.41, 5.74) is 1.53. The van der Waals surface area contributed by atoms with E-state index in [9.17, 15) is 14.3 Å². The van der Waals surface area contributed by atoms with Crippen LogP contribution in [0.25, 0.3) is 0 Å². The van der Waals surface area contributed by atoms with Gasteiger partial charge in [0.2, 0.25) is 0 Å². The molecule has 1 heterocycles. The highest BCUT2D eigenvalue weighted by molar-refractivity contribution is 7.98. The van der Waals surface area contributed by atoms with Gasteiger partial charge in [-0.25, -0.2) is 14.4 Å². The molecule has 6 nitrogen and oxygen atoms in total. The van der Waals surface area contributed by atoms with Crippen LogP contribution in [0.4, 0.5) is 15.9 Å². The van der Waals surface area contributed by atoms with E-state index in [2.05, 4.69) is 20.6 Å². The lowest BCUT2D eigenvalue weighted by Crippen LogP contribution is -2.21. The quantitative estimate of drug-likeness (QED) is 0.415. The Morgan fingerprint density at radius 2 is 1.89 bits per heavy atom. The molecule has 0 aliphatic carbocycles. The van der Waals surface area contributed by atoms with Gasteiger partial charge in [-0.1, -0.05) is 42.1 Å². The fraction of sp³-hybridized carbons (Fsp3) is 0.150. The molecule has 144 valence electrons. The predicted molar refractivity (Wildman–Crippen MR) is 108 cm³/mol. The van der Waals surface area contributed by atoms with Crippen LogP contribution in [0.3, 0.4) is 0 Å². The van der Waals surface area contributed by atoms with Crippen LogP contribution in [0.5, 0.6) is 0 Å². The number of halogens is 1. The van der Waals surface area contributed by atoms with Crippen molar-refractivity contribution >= 4 is 29.2 Å². The number of carbonyl (C=O) groups excluding carboxylic acids is 1. The van der Waals surface area contributed by atoms with Gasteiger partial charge in [0.1, 0.15) is 17.2 Å². The van der Waals surface area contributed by atoms with Crippen molar-refractivity contribution in [3.8, 4) is 0 Å². The van der Waals surface area contributed by atoms with Crippen LogP contribution >= 0.6 is 11.8 Å². The zero-order valence-electron chi connectivity index (χ0n) is 15.1. The summed E-state index contributed by atoms with van der Waals surface area (Å²) in [6.07, 6.45) is 3.26. The first kappa shape index (κ1) is 19.8. The summed E-state index contributed by atoms with van der Waals surface area (Å²) in [7, 11) is 0. The first-order valence-corrected chi connectivity index (χ1v) is 9.73. The van der Waals surface area contributed by atoms with Gasteiger partial charge in [0, 0.05) is 11.9 Å². The Morgan fingerprint density at radius 1 is 1.18 bits per heavy atom. The molecule has 3 aromatic rings. The van der Waals surface area contributed by atoms with Gasteiger partial charge >= 0.3 is 0 Å². The lowest BCUT2D eigenvalue weighted by atomic mass is 10.1. The Labute approximate surface area is 166 Å². The number of thioether (sulfide) groups is 1. The predicted octanol–water partition coefficient (Wildman–Crippen LogP) is 3.74. The Kier molecular flexibility index (Phi) is 6.57. The third kappa shape index (κ3) is 4.85. The lowest BCUT2D eigenvalue weighted by Gasteiger charge is -2.19. The molecule has 1 amide bonds. The molecule has 2 aromatic carbocycles. The van der Waals surface area contributed by atoms with E-state index >= 15 is 0 Å². The van der Waals surface area contributed by atoms with Gasteiger partial charge in [0.25, 0.3) is 5.91 Å². The summed E-state index contributed by atoms with van der Waals surface area (Å²) in [6.45, 7) is -0.179. The molecule has 0 saturated carbocycles. The number of rotatable bonds is 7. The zero-order valence-corrected chi connectivity index (χ0v) is 15.9. The number of nitrogens with zero attached hydrogens (tertiary/aromatic N) is 2. The SMILES string of the molecule is CSc1ncc(C(=O)Nc2ccc(F)cc2)c(NC(CO)c2ccccc2)n1. The topological polar surface area (TPSA) is 87.1 Å². The number of nitrogens with one attached hydrogen (secondary N) is 2. The van der Waals surface area contributed by atoms with E-state index in [1.54, 1.807) is 0 Å². The molecule has 1 aromatic heterocycles. The number of aliphatic hydroxyl groups is 1. The molecule has 1 unspecified atom stereocenters. The minimum Gasteiger partial charge on any atom is -0.394 e. The second-order valence-corrected chi connectivity index (χ2v) is 6.64. The molecule has 8 heteroatoms. The molecule has 0 bridgehead atoms. The third-order valence-electron chi connectivity index (χ3n) is 3.99. The summed E-state index contributed by atoms with van der Waals surface area (Å²) < 4.78 is 13.1. The minimum atomic E-state index is -0.442. The van der Waals surface area contributed by atoms with Crippen LogP contribution in [0, 0.1) is 5.82 Å². The van der Waals surface area contributed by atoms with Crippen molar-refractivity contribution in [1.82, 2.24) is 9.97 Å². The van der Waals surface area contributed by atoms with Gasteiger partial charge in [-0.15, -0.1) is 0 Å². The summed E-state index contributed by atoms with van der Waals surface area (Å²) in [5.74, 6) is -0.518. The van der Waals surface area contributed by atoms with Gasteiger partial charge in [0.05, 0.1) is 12.6 Å². The summed E-state index contributed by atoms with van der Waals surface area (Å²) in [5, 5.41) is 16.1. The van der Waals surface area contributed by atoms with Crippen LogP contribution in [-0.4, -0.2) is 33.8 Å². The first-order chi connectivity index (χ1) is 13.6. The van der Waals surface area contributed by atoms with Crippen LogP contribution in [0.2, 0.25) is 0 Å². The lowest BCUT2D eigenvalue weighted by molar-refractivity contribution is 0.102. The van der Waals surface area contributed by atoms with Gasteiger partial charge < -0.3 is 15.7 Å². The molecule has 3 rings (SSSR count). The van der Waals surface area contributed by atoms with Gasteiger partial charge in [-0.2, -0.15) is 0 Å². The van der Waals surface area contributed by atoms with E-state index in [1.807, 2.05) is 36.6 Å². The van der Waals surface area contributed by atoms with Crippen molar-refractivity contribution in [3.05, 3.63) is 77.7 Å². The largest absolute Gasteiger partial charge is 0.394 e. The van der Waals surface area contributed by atoms with Crippen LogP contribution in [0.1, 0.15) is 22.0 Å². The van der Waals surface area contributed by atoms with Crippen LogP contribution in [0.15, 0.2) is 66.0 Å². The molecule has 0 radical (unpaired) electrons. The summed E-state index contributed by atoms with van der Waals surface area (Å²) in [6, 6.07) is 14.4. The van der Waals surface area contributed by atoms with Crippen LogP contribution < -0.4 is 10.6 Å². The van der Waals surface area contributed by atoms with Crippen molar-refractivity contribution in [1.29, 1.82) is 0 Å². The monoisotopic (exact) mass is 398 g/mol. The van der Waals surface area contributed by atoms with E-state index in [0.717, 1.165) is 5.56 Å². The number of hydrogen-bond acceptors (Lipinski definition) is 6. The Bertz CT molecular complexity index is 939. The maximum absolute atomic E-state index is 13.1.